The predicted molar refractivity (Wildman–Crippen MR) is 55.8 cm³/mol. The normalized spacial score (nSPS) is 11.5. The molecular weight excluding hydrogens is 184 g/mol. The van der Waals surface area contributed by atoms with Crippen LogP contribution in [0.3, 0.4) is 0 Å². The highest BCUT2D eigenvalue weighted by molar-refractivity contribution is 6.30. The van der Waals surface area contributed by atoms with E-state index in [-0.39, 0.29) is 5.78 Å². The summed E-state index contributed by atoms with van der Waals surface area (Å²) in [4.78, 5) is 10.8. The lowest BCUT2D eigenvalue weighted by atomic mass is 10.1. The molecule has 13 heavy (non-hydrogen) atoms. The predicted octanol–water partition coefficient (Wildman–Crippen LogP) is 3.33. The first-order valence-corrected chi connectivity index (χ1v) is 4.42. The van der Waals surface area contributed by atoms with Crippen LogP contribution < -0.4 is 0 Å². The van der Waals surface area contributed by atoms with Gasteiger partial charge in [0.05, 0.1) is 0 Å². The van der Waals surface area contributed by atoms with Crippen LogP contribution in [0.1, 0.15) is 19.4 Å². The highest BCUT2D eigenvalue weighted by Crippen LogP contribution is 2.17. The van der Waals surface area contributed by atoms with Gasteiger partial charge in [-0.25, -0.2) is 0 Å². The topological polar surface area (TPSA) is 17.1 Å². The van der Waals surface area contributed by atoms with Crippen molar-refractivity contribution in [2.24, 2.45) is 0 Å². The number of ketones is 1. The van der Waals surface area contributed by atoms with Crippen LogP contribution in [0, 0.1) is 0 Å². The maximum atomic E-state index is 10.8. The van der Waals surface area contributed by atoms with Gasteiger partial charge in [0, 0.05) is 5.02 Å². The molecule has 0 radical (unpaired) electrons. The van der Waals surface area contributed by atoms with Crippen LogP contribution in [-0.2, 0) is 4.79 Å². The quantitative estimate of drug-likeness (QED) is 0.660. The molecule has 0 aromatic heterocycles. The molecule has 1 aromatic carbocycles. The van der Waals surface area contributed by atoms with Crippen LogP contribution in [0.2, 0.25) is 5.02 Å². The lowest BCUT2D eigenvalue weighted by molar-refractivity contribution is -0.112. The van der Waals surface area contributed by atoms with Crippen molar-refractivity contribution in [2.45, 2.75) is 13.8 Å². The number of carbonyl (C=O) groups is 1. The molecule has 0 heterocycles. The summed E-state index contributed by atoms with van der Waals surface area (Å²) >= 11 is 5.81. The second-order valence-corrected chi connectivity index (χ2v) is 3.38. The fraction of sp³-hybridized carbons (Fsp3) is 0.182. The second kappa shape index (κ2) is 4.24. The third kappa shape index (κ3) is 3.03. The first kappa shape index (κ1) is 10.0. The highest BCUT2D eigenvalue weighted by Gasteiger charge is 1.97. The van der Waals surface area contributed by atoms with Crippen molar-refractivity contribution in [2.75, 3.05) is 0 Å². The van der Waals surface area contributed by atoms with Gasteiger partial charge in [-0.15, -0.1) is 0 Å². The Hall–Kier alpha value is -1.08. The Morgan fingerprint density at radius 2 is 2.08 bits per heavy atom. The van der Waals surface area contributed by atoms with E-state index in [1.54, 1.807) is 6.08 Å². The van der Waals surface area contributed by atoms with Gasteiger partial charge in [-0.1, -0.05) is 23.7 Å². The lowest BCUT2D eigenvalue weighted by Crippen LogP contribution is -1.85. The van der Waals surface area contributed by atoms with Gasteiger partial charge in [-0.05, 0) is 43.2 Å². The lowest BCUT2D eigenvalue weighted by Gasteiger charge is -2.00. The first-order valence-electron chi connectivity index (χ1n) is 4.04. The number of allylic oxidation sites excluding steroid dienone is 2. The summed E-state index contributed by atoms with van der Waals surface area (Å²) in [5.74, 6) is 0.0532. The van der Waals surface area contributed by atoms with E-state index in [1.165, 1.54) is 6.92 Å². The minimum absolute atomic E-state index is 0.0532. The van der Waals surface area contributed by atoms with E-state index in [4.69, 9.17) is 11.6 Å². The standard InChI is InChI=1S/C11H11ClO/c1-8(6-9(2)13)10-4-3-5-11(12)7-10/h3-7H,1-2H3/b8-6+. The van der Waals surface area contributed by atoms with Crippen molar-refractivity contribution in [3.63, 3.8) is 0 Å². The van der Waals surface area contributed by atoms with Crippen LogP contribution in [0.25, 0.3) is 5.57 Å². The van der Waals surface area contributed by atoms with Gasteiger partial charge >= 0.3 is 0 Å². The zero-order valence-electron chi connectivity index (χ0n) is 7.67. The Morgan fingerprint density at radius 3 is 2.62 bits per heavy atom. The number of benzene rings is 1. The van der Waals surface area contributed by atoms with Gasteiger partial charge in [0.25, 0.3) is 0 Å². The Morgan fingerprint density at radius 1 is 1.38 bits per heavy atom. The summed E-state index contributed by atoms with van der Waals surface area (Å²) in [6, 6.07) is 7.46. The van der Waals surface area contributed by atoms with E-state index in [9.17, 15) is 4.79 Å². The van der Waals surface area contributed by atoms with Crippen molar-refractivity contribution in [1.29, 1.82) is 0 Å². The molecule has 1 aromatic rings. The maximum absolute atomic E-state index is 10.8. The Bertz CT molecular complexity index is 353. The number of hydrogen-bond donors (Lipinski definition) is 0. The van der Waals surface area contributed by atoms with E-state index in [2.05, 4.69) is 0 Å². The van der Waals surface area contributed by atoms with Gasteiger partial charge in [0.2, 0.25) is 0 Å². The number of carbonyl (C=O) groups excluding carboxylic acids is 1. The Labute approximate surface area is 83.0 Å². The van der Waals surface area contributed by atoms with Gasteiger partial charge in [-0.2, -0.15) is 0 Å². The second-order valence-electron chi connectivity index (χ2n) is 2.95. The summed E-state index contributed by atoms with van der Waals surface area (Å²) in [6.07, 6.45) is 1.60. The van der Waals surface area contributed by atoms with Crippen LogP contribution in [0.5, 0.6) is 0 Å². The smallest absolute Gasteiger partial charge is 0.152 e. The van der Waals surface area contributed by atoms with E-state index in [1.807, 2.05) is 31.2 Å². The number of halogens is 1. The molecule has 0 saturated heterocycles. The third-order valence-electron chi connectivity index (χ3n) is 1.70. The molecule has 0 spiro atoms. The molecule has 0 bridgehead atoms. The van der Waals surface area contributed by atoms with Crippen molar-refractivity contribution in [3.05, 3.63) is 40.9 Å². The average Bonchev–Trinajstić information content (AvgIpc) is 2.03. The van der Waals surface area contributed by atoms with Gasteiger partial charge < -0.3 is 0 Å². The van der Waals surface area contributed by atoms with Gasteiger partial charge in [0.1, 0.15) is 0 Å². The summed E-state index contributed by atoms with van der Waals surface area (Å²) in [5.41, 5.74) is 1.93. The molecule has 0 aliphatic rings. The molecular formula is C11H11ClO. The fourth-order valence-electron chi connectivity index (χ4n) is 1.12. The zero-order valence-corrected chi connectivity index (χ0v) is 8.43. The molecule has 68 valence electrons. The van der Waals surface area contributed by atoms with Crippen molar-refractivity contribution in [1.82, 2.24) is 0 Å². The number of rotatable bonds is 2. The molecule has 0 fully saturated rings. The molecule has 1 rings (SSSR count). The van der Waals surface area contributed by atoms with E-state index >= 15 is 0 Å². The SMILES string of the molecule is CC(=O)/C=C(\C)c1cccc(Cl)c1. The largest absolute Gasteiger partial charge is 0.295 e. The van der Waals surface area contributed by atoms with Gasteiger partial charge in [-0.3, -0.25) is 4.79 Å². The summed E-state index contributed by atoms with van der Waals surface area (Å²) in [5, 5.41) is 0.689. The summed E-state index contributed by atoms with van der Waals surface area (Å²) < 4.78 is 0. The van der Waals surface area contributed by atoms with Crippen molar-refractivity contribution in [3.8, 4) is 0 Å². The third-order valence-corrected chi connectivity index (χ3v) is 1.93. The molecule has 0 atom stereocenters. The minimum Gasteiger partial charge on any atom is -0.295 e. The van der Waals surface area contributed by atoms with E-state index in [0.29, 0.717) is 5.02 Å². The molecule has 0 aliphatic carbocycles. The van der Waals surface area contributed by atoms with Crippen LogP contribution in [0.4, 0.5) is 0 Å². The van der Waals surface area contributed by atoms with E-state index < -0.39 is 0 Å². The summed E-state index contributed by atoms with van der Waals surface area (Å²) in [6.45, 7) is 3.43. The summed E-state index contributed by atoms with van der Waals surface area (Å²) in [7, 11) is 0. The monoisotopic (exact) mass is 194 g/mol. The molecule has 1 nitrogen and oxygen atoms in total. The molecule has 0 aliphatic heterocycles. The molecule has 0 N–H and O–H groups in total. The molecule has 2 heteroatoms. The van der Waals surface area contributed by atoms with Crippen LogP contribution in [-0.4, -0.2) is 5.78 Å². The zero-order chi connectivity index (χ0) is 9.84. The maximum Gasteiger partial charge on any atom is 0.152 e. The molecule has 0 unspecified atom stereocenters. The van der Waals surface area contributed by atoms with Crippen LogP contribution in [0.15, 0.2) is 30.3 Å². The molecule has 0 saturated carbocycles. The Balaban J connectivity index is 3.02. The van der Waals surface area contributed by atoms with Gasteiger partial charge in [0.15, 0.2) is 5.78 Å². The van der Waals surface area contributed by atoms with Crippen LogP contribution >= 0.6 is 11.6 Å². The van der Waals surface area contributed by atoms with Crippen molar-refractivity contribution >= 4 is 23.0 Å². The Kier molecular flexibility index (Phi) is 3.26. The average molecular weight is 195 g/mol. The minimum atomic E-state index is 0.0532. The molecule has 0 amide bonds. The first-order chi connectivity index (χ1) is 6.09. The fourth-order valence-corrected chi connectivity index (χ4v) is 1.31. The highest BCUT2D eigenvalue weighted by atomic mass is 35.5. The van der Waals surface area contributed by atoms with E-state index in [0.717, 1.165) is 11.1 Å². The number of hydrogen-bond acceptors (Lipinski definition) is 1. The van der Waals surface area contributed by atoms with Crippen molar-refractivity contribution < 1.29 is 4.79 Å².